The van der Waals surface area contributed by atoms with Gasteiger partial charge in [0.2, 0.25) is 0 Å². The molecule has 0 saturated carbocycles. The zero-order valence-corrected chi connectivity index (χ0v) is 18.5. The molecule has 34 heavy (non-hydrogen) atoms. The van der Waals surface area contributed by atoms with Gasteiger partial charge in [-0.15, -0.1) is 0 Å². The van der Waals surface area contributed by atoms with Crippen molar-refractivity contribution < 1.29 is 19.2 Å². The van der Waals surface area contributed by atoms with E-state index in [-0.39, 0.29) is 40.6 Å². The van der Waals surface area contributed by atoms with Gasteiger partial charge in [-0.05, 0) is 19.9 Å². The zero-order chi connectivity index (χ0) is 24.4. The third-order valence-electron chi connectivity index (χ3n) is 5.48. The molecule has 0 aromatic heterocycles. The highest BCUT2D eigenvalue weighted by Gasteiger charge is 2.32. The van der Waals surface area contributed by atoms with Gasteiger partial charge in [-0.3, -0.25) is 19.7 Å². The van der Waals surface area contributed by atoms with Gasteiger partial charge in [-0.2, -0.15) is 5.26 Å². The van der Waals surface area contributed by atoms with Crippen LogP contribution in [0.3, 0.4) is 0 Å². The molecule has 1 saturated heterocycles. The predicted molar refractivity (Wildman–Crippen MR) is 123 cm³/mol. The zero-order valence-electron chi connectivity index (χ0n) is 18.5. The number of hydrogen-bond donors (Lipinski definition) is 1. The molecule has 2 aromatic rings. The van der Waals surface area contributed by atoms with Gasteiger partial charge in [0, 0.05) is 41.9 Å². The summed E-state index contributed by atoms with van der Waals surface area (Å²) in [5.74, 6) is -0.894. The van der Waals surface area contributed by atoms with E-state index in [1.54, 1.807) is 29.2 Å². The van der Waals surface area contributed by atoms with Gasteiger partial charge >= 0.3 is 0 Å². The molecule has 172 valence electrons. The molecule has 2 aliphatic heterocycles. The lowest BCUT2D eigenvalue weighted by molar-refractivity contribution is -0.384. The first-order chi connectivity index (χ1) is 16.3. The van der Waals surface area contributed by atoms with Crippen LogP contribution in [-0.2, 0) is 9.53 Å². The number of nitriles is 1. The van der Waals surface area contributed by atoms with Crippen molar-refractivity contribution in [3.8, 4) is 6.07 Å². The number of hydrogen-bond acceptors (Lipinski definition) is 7. The SMILES string of the molecule is CC1CN(C(=O)C(C#N)=C2N=C(NC(=O)c3cccc([N+](=O)[O-])c3)c3ccccc32)CC(C)O1. The molecule has 0 bridgehead atoms. The molecule has 10 heteroatoms. The van der Waals surface area contributed by atoms with Crippen LogP contribution in [0.25, 0.3) is 5.70 Å². The lowest BCUT2D eigenvalue weighted by atomic mass is 10.0. The number of morpholine rings is 1. The summed E-state index contributed by atoms with van der Waals surface area (Å²) in [5.41, 5.74) is 0.988. The highest BCUT2D eigenvalue weighted by Crippen LogP contribution is 2.31. The van der Waals surface area contributed by atoms with Gasteiger partial charge in [0.1, 0.15) is 17.5 Å². The van der Waals surface area contributed by atoms with E-state index in [1.807, 2.05) is 19.9 Å². The Bertz CT molecular complexity index is 1280. The Morgan fingerprint density at radius 1 is 1.15 bits per heavy atom. The fourth-order valence-corrected chi connectivity index (χ4v) is 4.06. The number of nitro groups is 1. The summed E-state index contributed by atoms with van der Waals surface area (Å²) >= 11 is 0. The van der Waals surface area contributed by atoms with E-state index in [0.29, 0.717) is 24.2 Å². The Balaban J connectivity index is 1.69. The Morgan fingerprint density at radius 3 is 2.47 bits per heavy atom. The average Bonchev–Trinajstić information content (AvgIpc) is 3.17. The Kier molecular flexibility index (Phi) is 6.21. The first kappa shape index (κ1) is 22.8. The first-order valence-electron chi connectivity index (χ1n) is 10.6. The van der Waals surface area contributed by atoms with Crippen LogP contribution in [-0.4, -0.2) is 52.8 Å². The molecular formula is C24H21N5O5. The molecule has 0 radical (unpaired) electrons. The van der Waals surface area contributed by atoms with Gasteiger partial charge in [0.05, 0.1) is 22.8 Å². The van der Waals surface area contributed by atoms with Crippen LogP contribution in [0.5, 0.6) is 0 Å². The normalized spacial score (nSPS) is 20.6. The smallest absolute Gasteiger partial charge is 0.270 e. The van der Waals surface area contributed by atoms with E-state index >= 15 is 0 Å². The number of carbonyl (C=O) groups excluding carboxylic acids is 2. The predicted octanol–water partition coefficient (Wildman–Crippen LogP) is 2.66. The molecule has 2 atom stereocenters. The van der Waals surface area contributed by atoms with Gasteiger partial charge < -0.3 is 15.0 Å². The van der Waals surface area contributed by atoms with E-state index in [0.717, 1.165) is 0 Å². The van der Waals surface area contributed by atoms with Gasteiger partial charge in [0.25, 0.3) is 17.5 Å². The van der Waals surface area contributed by atoms with Gasteiger partial charge in [-0.1, -0.05) is 30.3 Å². The van der Waals surface area contributed by atoms with Crippen LogP contribution in [0, 0.1) is 21.4 Å². The maximum Gasteiger partial charge on any atom is 0.270 e. The highest BCUT2D eigenvalue weighted by molar-refractivity contribution is 6.20. The van der Waals surface area contributed by atoms with Crippen molar-refractivity contribution in [3.63, 3.8) is 0 Å². The maximum atomic E-state index is 13.2. The summed E-state index contributed by atoms with van der Waals surface area (Å²) in [6.07, 6.45) is -0.330. The van der Waals surface area contributed by atoms with Crippen molar-refractivity contribution in [2.45, 2.75) is 26.1 Å². The third-order valence-corrected chi connectivity index (χ3v) is 5.48. The Hall–Kier alpha value is -4.36. The van der Waals surface area contributed by atoms with Crippen molar-refractivity contribution in [2.75, 3.05) is 13.1 Å². The Morgan fingerprint density at radius 2 is 1.82 bits per heavy atom. The number of aliphatic imine (C=N–C) groups is 1. The van der Waals surface area contributed by atoms with E-state index in [1.165, 1.54) is 24.3 Å². The number of rotatable bonds is 3. The number of carbonyl (C=O) groups is 2. The van der Waals surface area contributed by atoms with Crippen LogP contribution in [0.4, 0.5) is 5.69 Å². The number of nitro benzene ring substituents is 1. The minimum absolute atomic E-state index is 0.0830. The lowest BCUT2D eigenvalue weighted by Gasteiger charge is -2.35. The van der Waals surface area contributed by atoms with Crippen LogP contribution >= 0.6 is 0 Å². The van der Waals surface area contributed by atoms with Crippen LogP contribution < -0.4 is 5.32 Å². The Labute approximate surface area is 195 Å². The van der Waals surface area contributed by atoms with Gasteiger partial charge in [-0.25, -0.2) is 4.99 Å². The molecule has 2 aliphatic rings. The number of non-ortho nitro benzene ring substituents is 1. The average molecular weight is 459 g/mol. The lowest BCUT2D eigenvalue weighted by Crippen LogP contribution is -2.48. The summed E-state index contributed by atoms with van der Waals surface area (Å²) in [6.45, 7) is 4.42. The molecular weight excluding hydrogens is 438 g/mol. The largest absolute Gasteiger partial charge is 0.372 e. The monoisotopic (exact) mass is 459 g/mol. The molecule has 4 rings (SSSR count). The minimum Gasteiger partial charge on any atom is -0.372 e. The van der Waals surface area contributed by atoms with Gasteiger partial charge in [0.15, 0.2) is 0 Å². The van der Waals surface area contributed by atoms with Crippen molar-refractivity contribution in [1.82, 2.24) is 10.2 Å². The van der Waals surface area contributed by atoms with Crippen LogP contribution in [0.15, 0.2) is 59.1 Å². The van der Waals surface area contributed by atoms with E-state index in [4.69, 9.17) is 4.74 Å². The second-order valence-corrected chi connectivity index (χ2v) is 8.07. The maximum absolute atomic E-state index is 13.2. The van der Waals surface area contributed by atoms with E-state index < -0.39 is 16.7 Å². The number of benzene rings is 2. The van der Waals surface area contributed by atoms with Crippen molar-refractivity contribution in [2.24, 2.45) is 4.99 Å². The van der Waals surface area contributed by atoms with E-state index in [9.17, 15) is 25.0 Å². The standard InChI is InChI=1S/C24H21N5O5/c1-14-12-28(13-15(2)34-14)24(31)20(11-25)21-18-8-3-4-9-19(18)22(26-21)27-23(30)16-6-5-7-17(10-16)29(32)33/h3-10,14-15H,12-13H2,1-2H3,(H,26,27,30). The summed E-state index contributed by atoms with van der Waals surface area (Å²) in [7, 11) is 0. The summed E-state index contributed by atoms with van der Waals surface area (Å²) in [4.78, 5) is 42.5. The molecule has 1 fully saturated rings. The van der Waals surface area contributed by atoms with Crippen molar-refractivity contribution in [3.05, 3.63) is 80.9 Å². The fraction of sp³-hybridized carbons (Fsp3) is 0.250. The number of amidine groups is 1. The highest BCUT2D eigenvalue weighted by atomic mass is 16.6. The molecule has 0 spiro atoms. The summed E-state index contributed by atoms with van der Waals surface area (Å²) in [6, 6.07) is 14.2. The molecule has 2 heterocycles. The number of ether oxygens (including phenoxy) is 1. The molecule has 2 unspecified atom stereocenters. The quantitative estimate of drug-likeness (QED) is 0.324. The summed E-state index contributed by atoms with van der Waals surface area (Å²) < 4.78 is 5.68. The third kappa shape index (κ3) is 4.42. The number of amides is 2. The topological polar surface area (TPSA) is 138 Å². The number of nitrogens with zero attached hydrogens (tertiary/aromatic N) is 4. The second kappa shape index (κ2) is 9.25. The first-order valence-corrected chi connectivity index (χ1v) is 10.6. The molecule has 10 nitrogen and oxygen atoms in total. The number of fused-ring (bicyclic) bond motifs is 1. The molecule has 1 N–H and O–H groups in total. The van der Waals surface area contributed by atoms with E-state index in [2.05, 4.69) is 10.3 Å². The van der Waals surface area contributed by atoms with Crippen LogP contribution in [0.2, 0.25) is 0 Å². The summed E-state index contributed by atoms with van der Waals surface area (Å²) in [5, 5.41) is 23.6. The van der Waals surface area contributed by atoms with Crippen molar-refractivity contribution in [1.29, 1.82) is 5.26 Å². The number of nitrogens with one attached hydrogen (secondary N) is 1. The van der Waals surface area contributed by atoms with Crippen molar-refractivity contribution >= 4 is 29.0 Å². The minimum atomic E-state index is -0.598. The molecule has 2 amide bonds. The van der Waals surface area contributed by atoms with Crippen LogP contribution in [0.1, 0.15) is 35.3 Å². The molecule has 0 aliphatic carbocycles. The fourth-order valence-electron chi connectivity index (χ4n) is 4.06. The second-order valence-electron chi connectivity index (χ2n) is 8.07. The molecule has 2 aromatic carbocycles.